The number of hydrogen-bond acceptors (Lipinski definition) is 3. The SMILES string of the molecule is O=C(CC1(O)CCCCC1)NCCNC(=O)C1CC1. The lowest BCUT2D eigenvalue weighted by Crippen LogP contribution is -2.41. The molecule has 2 aliphatic rings. The molecule has 2 aliphatic carbocycles. The molecule has 108 valence electrons. The lowest BCUT2D eigenvalue weighted by atomic mass is 9.82. The highest BCUT2D eigenvalue weighted by Gasteiger charge is 2.31. The molecule has 19 heavy (non-hydrogen) atoms. The Labute approximate surface area is 114 Å². The standard InChI is InChI=1S/C14H24N2O3/c17-12(10-14(19)6-2-1-3-7-14)15-8-9-16-13(18)11-4-5-11/h11,19H,1-10H2,(H,15,17)(H,16,18). The zero-order chi connectivity index (χ0) is 13.7. The highest BCUT2D eigenvalue weighted by molar-refractivity contribution is 5.81. The lowest BCUT2D eigenvalue weighted by molar-refractivity contribution is -0.128. The third kappa shape index (κ3) is 4.82. The number of aliphatic hydroxyl groups is 1. The van der Waals surface area contributed by atoms with Crippen LogP contribution in [0.4, 0.5) is 0 Å². The first-order valence-electron chi connectivity index (χ1n) is 7.36. The summed E-state index contributed by atoms with van der Waals surface area (Å²) in [6.45, 7) is 0.910. The van der Waals surface area contributed by atoms with Gasteiger partial charge < -0.3 is 15.7 Å². The number of carbonyl (C=O) groups is 2. The molecule has 0 aromatic rings. The average molecular weight is 268 g/mol. The van der Waals surface area contributed by atoms with Crippen molar-refractivity contribution in [2.24, 2.45) is 5.92 Å². The van der Waals surface area contributed by atoms with Gasteiger partial charge in [-0.1, -0.05) is 19.3 Å². The van der Waals surface area contributed by atoms with Gasteiger partial charge in [0.05, 0.1) is 12.0 Å². The Balaban J connectivity index is 1.57. The van der Waals surface area contributed by atoms with Crippen LogP contribution in [0.2, 0.25) is 0 Å². The highest BCUT2D eigenvalue weighted by atomic mass is 16.3. The predicted octanol–water partition coefficient (Wildman–Crippen LogP) is 0.714. The van der Waals surface area contributed by atoms with Crippen molar-refractivity contribution in [3.63, 3.8) is 0 Å². The van der Waals surface area contributed by atoms with Crippen LogP contribution in [0.3, 0.4) is 0 Å². The second-order valence-electron chi connectivity index (χ2n) is 5.88. The average Bonchev–Trinajstić information content (AvgIpc) is 3.19. The van der Waals surface area contributed by atoms with E-state index < -0.39 is 5.60 Å². The molecule has 5 heteroatoms. The molecule has 0 saturated heterocycles. The third-order valence-electron chi connectivity index (χ3n) is 3.97. The van der Waals surface area contributed by atoms with Gasteiger partial charge in [0.1, 0.15) is 0 Å². The van der Waals surface area contributed by atoms with E-state index in [0.29, 0.717) is 13.1 Å². The number of nitrogens with one attached hydrogen (secondary N) is 2. The Kier molecular flexibility index (Phi) is 4.80. The van der Waals surface area contributed by atoms with Crippen molar-refractivity contribution in [2.75, 3.05) is 13.1 Å². The quantitative estimate of drug-likeness (QED) is 0.621. The molecule has 5 nitrogen and oxygen atoms in total. The zero-order valence-electron chi connectivity index (χ0n) is 11.4. The molecule has 0 unspecified atom stereocenters. The first-order chi connectivity index (χ1) is 9.09. The first kappa shape index (κ1) is 14.3. The van der Waals surface area contributed by atoms with Gasteiger partial charge >= 0.3 is 0 Å². The van der Waals surface area contributed by atoms with Crippen LogP contribution in [-0.2, 0) is 9.59 Å². The van der Waals surface area contributed by atoms with Gasteiger partial charge in [0.25, 0.3) is 0 Å². The molecule has 3 N–H and O–H groups in total. The molecule has 0 heterocycles. The second kappa shape index (κ2) is 6.37. The summed E-state index contributed by atoms with van der Waals surface area (Å²) in [5.74, 6) is 0.184. The summed E-state index contributed by atoms with van der Waals surface area (Å²) in [6.07, 6.45) is 6.76. The van der Waals surface area contributed by atoms with E-state index in [9.17, 15) is 14.7 Å². The predicted molar refractivity (Wildman–Crippen MR) is 71.4 cm³/mol. The summed E-state index contributed by atoms with van der Waals surface area (Å²) in [5.41, 5.74) is -0.806. The molecule has 0 atom stereocenters. The van der Waals surface area contributed by atoms with Gasteiger partial charge in [-0.3, -0.25) is 9.59 Å². The molecule has 0 aromatic heterocycles. The van der Waals surface area contributed by atoms with Crippen molar-refractivity contribution >= 4 is 11.8 Å². The maximum Gasteiger partial charge on any atom is 0.223 e. The highest BCUT2D eigenvalue weighted by Crippen LogP contribution is 2.30. The van der Waals surface area contributed by atoms with Crippen molar-refractivity contribution in [2.45, 2.75) is 57.0 Å². The minimum atomic E-state index is -0.806. The summed E-state index contributed by atoms with van der Waals surface area (Å²) in [5, 5.41) is 15.8. The first-order valence-corrected chi connectivity index (χ1v) is 7.36. The molecule has 2 saturated carbocycles. The molecule has 2 amide bonds. The van der Waals surface area contributed by atoms with E-state index in [1.54, 1.807) is 0 Å². The van der Waals surface area contributed by atoms with Gasteiger partial charge in [-0.15, -0.1) is 0 Å². The molecular formula is C14H24N2O3. The molecule has 0 aliphatic heterocycles. The van der Waals surface area contributed by atoms with E-state index in [0.717, 1.165) is 44.9 Å². The fourth-order valence-electron chi connectivity index (χ4n) is 2.63. The fraction of sp³-hybridized carbons (Fsp3) is 0.857. The topological polar surface area (TPSA) is 78.4 Å². The van der Waals surface area contributed by atoms with Crippen molar-refractivity contribution in [3.8, 4) is 0 Å². The van der Waals surface area contributed by atoms with E-state index in [1.165, 1.54) is 0 Å². The molecule has 0 radical (unpaired) electrons. The molecule has 0 aromatic carbocycles. The minimum Gasteiger partial charge on any atom is -0.389 e. The minimum absolute atomic E-state index is 0.0974. The summed E-state index contributed by atoms with van der Waals surface area (Å²) in [4.78, 5) is 23.1. The summed E-state index contributed by atoms with van der Waals surface area (Å²) in [6, 6.07) is 0. The van der Waals surface area contributed by atoms with Crippen LogP contribution in [0.25, 0.3) is 0 Å². The molecule has 0 spiro atoms. The van der Waals surface area contributed by atoms with Crippen LogP contribution in [0.1, 0.15) is 51.4 Å². The molecule has 2 rings (SSSR count). The Morgan fingerprint density at radius 2 is 1.68 bits per heavy atom. The largest absolute Gasteiger partial charge is 0.389 e. The number of rotatable bonds is 6. The van der Waals surface area contributed by atoms with Crippen LogP contribution in [0.5, 0.6) is 0 Å². The van der Waals surface area contributed by atoms with Gasteiger partial charge in [0.2, 0.25) is 11.8 Å². The fourth-order valence-corrected chi connectivity index (χ4v) is 2.63. The smallest absolute Gasteiger partial charge is 0.223 e. The Morgan fingerprint density at radius 1 is 1.05 bits per heavy atom. The van der Waals surface area contributed by atoms with Crippen molar-refractivity contribution in [1.29, 1.82) is 0 Å². The Hall–Kier alpha value is -1.10. The summed E-state index contributed by atoms with van der Waals surface area (Å²) < 4.78 is 0. The van der Waals surface area contributed by atoms with E-state index in [1.807, 2.05) is 0 Å². The van der Waals surface area contributed by atoms with Gasteiger partial charge in [0, 0.05) is 19.0 Å². The van der Waals surface area contributed by atoms with E-state index in [2.05, 4.69) is 10.6 Å². The maximum atomic E-state index is 11.7. The Bertz CT molecular complexity index is 334. The monoisotopic (exact) mass is 268 g/mol. The van der Waals surface area contributed by atoms with E-state index >= 15 is 0 Å². The lowest BCUT2D eigenvalue weighted by Gasteiger charge is -2.31. The third-order valence-corrected chi connectivity index (χ3v) is 3.97. The summed E-state index contributed by atoms with van der Waals surface area (Å²) in [7, 11) is 0. The van der Waals surface area contributed by atoms with Crippen molar-refractivity contribution in [3.05, 3.63) is 0 Å². The van der Waals surface area contributed by atoms with Crippen LogP contribution in [0, 0.1) is 5.92 Å². The molecule has 0 bridgehead atoms. The van der Waals surface area contributed by atoms with Crippen LogP contribution in [0.15, 0.2) is 0 Å². The maximum absolute atomic E-state index is 11.7. The van der Waals surface area contributed by atoms with Crippen molar-refractivity contribution < 1.29 is 14.7 Å². The number of amides is 2. The summed E-state index contributed by atoms with van der Waals surface area (Å²) >= 11 is 0. The normalized spacial score (nSPS) is 21.7. The van der Waals surface area contributed by atoms with Gasteiger partial charge in [-0.25, -0.2) is 0 Å². The Morgan fingerprint density at radius 3 is 2.32 bits per heavy atom. The number of hydrogen-bond donors (Lipinski definition) is 3. The molecule has 2 fully saturated rings. The van der Waals surface area contributed by atoms with Crippen LogP contribution < -0.4 is 10.6 Å². The van der Waals surface area contributed by atoms with Gasteiger partial charge in [0.15, 0.2) is 0 Å². The van der Waals surface area contributed by atoms with E-state index in [4.69, 9.17) is 0 Å². The van der Waals surface area contributed by atoms with Gasteiger partial charge in [-0.2, -0.15) is 0 Å². The second-order valence-corrected chi connectivity index (χ2v) is 5.88. The van der Waals surface area contributed by atoms with Gasteiger partial charge in [-0.05, 0) is 25.7 Å². The van der Waals surface area contributed by atoms with E-state index in [-0.39, 0.29) is 24.2 Å². The zero-order valence-corrected chi connectivity index (χ0v) is 11.4. The van der Waals surface area contributed by atoms with Crippen molar-refractivity contribution in [1.82, 2.24) is 10.6 Å². The molecular weight excluding hydrogens is 244 g/mol. The number of carbonyl (C=O) groups excluding carboxylic acids is 2. The van der Waals surface area contributed by atoms with Crippen LogP contribution >= 0.6 is 0 Å². The van der Waals surface area contributed by atoms with Crippen LogP contribution in [-0.4, -0.2) is 35.6 Å².